The topological polar surface area (TPSA) is 50.5 Å². The number of aliphatic hydroxyl groups is 1. The van der Waals surface area contributed by atoms with Crippen LogP contribution in [-0.2, 0) is 6.42 Å². The third-order valence-electron chi connectivity index (χ3n) is 5.67. The number of aliphatic hydroxyl groups excluding tert-OH is 1. The Balaban J connectivity index is 1.52. The Labute approximate surface area is 131 Å². The van der Waals surface area contributed by atoms with Crippen molar-refractivity contribution in [3.05, 3.63) is 29.3 Å². The molecule has 0 radical (unpaired) electrons. The van der Waals surface area contributed by atoms with Crippen LogP contribution in [0, 0.1) is 11.3 Å². The zero-order valence-electron chi connectivity index (χ0n) is 12.9. The molecular weight excluding hydrogens is 274 g/mol. The second-order valence-electron chi connectivity index (χ2n) is 6.90. The van der Waals surface area contributed by atoms with Crippen LogP contribution in [0.25, 0.3) is 0 Å². The number of rotatable bonds is 2. The van der Waals surface area contributed by atoms with E-state index in [4.69, 9.17) is 5.26 Å². The molecule has 2 fully saturated rings. The predicted molar refractivity (Wildman–Crippen MR) is 85.8 cm³/mol. The van der Waals surface area contributed by atoms with Crippen LogP contribution in [0.5, 0.6) is 0 Å². The maximum absolute atomic E-state index is 9.89. The molecule has 22 heavy (non-hydrogen) atoms. The van der Waals surface area contributed by atoms with Crippen LogP contribution in [0.15, 0.2) is 18.2 Å². The highest BCUT2D eigenvalue weighted by Crippen LogP contribution is 2.34. The molecule has 1 aromatic carbocycles. The van der Waals surface area contributed by atoms with Crippen LogP contribution < -0.4 is 4.90 Å². The summed E-state index contributed by atoms with van der Waals surface area (Å²) in [5.41, 5.74) is 3.42. The molecule has 0 unspecified atom stereocenters. The SMILES string of the molecule is N#Cc1ccc2c(c1)CCCN2[C@H]1CCN([C@H]2CC[C@@H]2O)C1. The lowest BCUT2D eigenvalue weighted by molar-refractivity contribution is -0.0114. The van der Waals surface area contributed by atoms with E-state index in [2.05, 4.69) is 28.0 Å². The van der Waals surface area contributed by atoms with Gasteiger partial charge in [-0.05, 0) is 55.9 Å². The minimum Gasteiger partial charge on any atom is -0.391 e. The van der Waals surface area contributed by atoms with Gasteiger partial charge in [0.25, 0.3) is 0 Å². The third kappa shape index (κ3) is 2.29. The van der Waals surface area contributed by atoms with Crippen molar-refractivity contribution < 1.29 is 5.11 Å². The van der Waals surface area contributed by atoms with Gasteiger partial charge in [-0.25, -0.2) is 0 Å². The predicted octanol–water partition coefficient (Wildman–Crippen LogP) is 1.91. The van der Waals surface area contributed by atoms with Crippen molar-refractivity contribution in [2.24, 2.45) is 0 Å². The minimum absolute atomic E-state index is 0.106. The first-order chi connectivity index (χ1) is 10.8. The zero-order chi connectivity index (χ0) is 15.1. The molecule has 4 nitrogen and oxygen atoms in total. The number of hydrogen-bond acceptors (Lipinski definition) is 4. The monoisotopic (exact) mass is 297 g/mol. The van der Waals surface area contributed by atoms with Crippen molar-refractivity contribution in [1.29, 1.82) is 5.26 Å². The smallest absolute Gasteiger partial charge is 0.0991 e. The van der Waals surface area contributed by atoms with Gasteiger partial charge in [0.2, 0.25) is 0 Å². The number of nitrogens with zero attached hydrogens (tertiary/aromatic N) is 3. The van der Waals surface area contributed by atoms with E-state index in [1.165, 1.54) is 24.1 Å². The van der Waals surface area contributed by atoms with Crippen molar-refractivity contribution in [3.8, 4) is 6.07 Å². The summed E-state index contributed by atoms with van der Waals surface area (Å²) in [7, 11) is 0. The fraction of sp³-hybridized carbons (Fsp3) is 0.611. The average Bonchev–Trinajstić information content (AvgIpc) is 3.01. The summed E-state index contributed by atoms with van der Waals surface area (Å²) in [6, 6.07) is 9.34. The molecule has 4 rings (SSSR count). The van der Waals surface area contributed by atoms with E-state index in [1.54, 1.807) is 0 Å². The highest BCUT2D eigenvalue weighted by molar-refractivity contribution is 5.59. The number of fused-ring (bicyclic) bond motifs is 1. The van der Waals surface area contributed by atoms with Crippen LogP contribution in [0.3, 0.4) is 0 Å². The zero-order valence-corrected chi connectivity index (χ0v) is 12.9. The lowest BCUT2D eigenvalue weighted by Crippen LogP contribution is -2.51. The van der Waals surface area contributed by atoms with Crippen LogP contribution in [-0.4, -0.2) is 47.8 Å². The van der Waals surface area contributed by atoms with Gasteiger partial charge in [-0.15, -0.1) is 0 Å². The highest BCUT2D eigenvalue weighted by Gasteiger charge is 2.39. The molecule has 2 aliphatic heterocycles. The first kappa shape index (κ1) is 14.0. The lowest BCUT2D eigenvalue weighted by atomic mass is 9.88. The molecule has 4 heteroatoms. The van der Waals surface area contributed by atoms with Crippen molar-refractivity contribution in [3.63, 3.8) is 0 Å². The van der Waals surface area contributed by atoms with Gasteiger partial charge in [-0.1, -0.05) is 0 Å². The number of nitriles is 1. The summed E-state index contributed by atoms with van der Waals surface area (Å²) in [6.07, 6.45) is 5.45. The van der Waals surface area contributed by atoms with Gasteiger partial charge < -0.3 is 10.0 Å². The Morgan fingerprint density at radius 2 is 2.09 bits per heavy atom. The summed E-state index contributed by atoms with van der Waals surface area (Å²) in [5.74, 6) is 0. The molecular formula is C18H23N3O. The molecule has 1 N–H and O–H groups in total. The maximum atomic E-state index is 9.89. The largest absolute Gasteiger partial charge is 0.391 e. The van der Waals surface area contributed by atoms with Crippen molar-refractivity contribution in [2.45, 2.75) is 50.3 Å². The molecule has 2 heterocycles. The molecule has 116 valence electrons. The molecule has 1 aromatic rings. The molecule has 3 aliphatic rings. The molecule has 3 atom stereocenters. The lowest BCUT2D eigenvalue weighted by Gasteiger charge is -2.41. The Kier molecular flexibility index (Phi) is 3.56. The molecule has 0 aromatic heterocycles. The summed E-state index contributed by atoms with van der Waals surface area (Å²) < 4.78 is 0. The van der Waals surface area contributed by atoms with Crippen LogP contribution in [0.1, 0.15) is 36.8 Å². The van der Waals surface area contributed by atoms with Gasteiger partial charge in [0.15, 0.2) is 0 Å². The number of likely N-dealkylation sites (tertiary alicyclic amines) is 1. The number of aryl methyl sites for hydroxylation is 1. The second kappa shape index (κ2) is 5.57. The highest BCUT2D eigenvalue weighted by atomic mass is 16.3. The van der Waals surface area contributed by atoms with E-state index in [9.17, 15) is 5.11 Å². The van der Waals surface area contributed by atoms with E-state index in [0.717, 1.165) is 44.5 Å². The van der Waals surface area contributed by atoms with E-state index < -0.39 is 0 Å². The van der Waals surface area contributed by atoms with Gasteiger partial charge in [0.05, 0.1) is 17.7 Å². The molecule has 0 bridgehead atoms. The molecule has 0 amide bonds. The quantitative estimate of drug-likeness (QED) is 0.906. The van der Waals surface area contributed by atoms with Crippen LogP contribution >= 0.6 is 0 Å². The molecule has 1 saturated carbocycles. The Bertz CT molecular complexity index is 609. The number of benzene rings is 1. The summed E-state index contributed by atoms with van der Waals surface area (Å²) >= 11 is 0. The van der Waals surface area contributed by atoms with Gasteiger partial charge in [0, 0.05) is 37.4 Å². The number of hydrogen-bond donors (Lipinski definition) is 1. The van der Waals surface area contributed by atoms with Gasteiger partial charge >= 0.3 is 0 Å². The van der Waals surface area contributed by atoms with Crippen LogP contribution in [0.4, 0.5) is 5.69 Å². The average molecular weight is 297 g/mol. The first-order valence-corrected chi connectivity index (χ1v) is 8.48. The fourth-order valence-electron chi connectivity index (χ4n) is 4.29. The summed E-state index contributed by atoms with van der Waals surface area (Å²) in [5, 5.41) is 19.0. The Hall–Kier alpha value is -1.57. The Morgan fingerprint density at radius 3 is 2.82 bits per heavy atom. The fourth-order valence-corrected chi connectivity index (χ4v) is 4.29. The summed E-state index contributed by atoms with van der Waals surface area (Å²) in [4.78, 5) is 5.03. The van der Waals surface area contributed by atoms with E-state index in [1.807, 2.05) is 6.07 Å². The normalized spacial score (nSPS) is 31.5. The van der Waals surface area contributed by atoms with Crippen LogP contribution in [0.2, 0.25) is 0 Å². The molecule has 1 saturated heterocycles. The first-order valence-electron chi connectivity index (χ1n) is 8.48. The van der Waals surface area contributed by atoms with Crippen molar-refractivity contribution >= 4 is 5.69 Å². The van der Waals surface area contributed by atoms with E-state index in [0.29, 0.717) is 12.1 Å². The van der Waals surface area contributed by atoms with Gasteiger partial charge in [-0.2, -0.15) is 5.26 Å². The second-order valence-corrected chi connectivity index (χ2v) is 6.90. The van der Waals surface area contributed by atoms with Gasteiger partial charge in [-0.3, -0.25) is 4.90 Å². The molecule has 1 aliphatic carbocycles. The van der Waals surface area contributed by atoms with E-state index in [-0.39, 0.29) is 6.10 Å². The maximum Gasteiger partial charge on any atom is 0.0991 e. The standard InChI is InChI=1S/C18H23N3O/c19-11-13-3-4-16-14(10-13)2-1-8-21(16)15-7-9-20(12-15)17-5-6-18(17)22/h3-4,10,15,17-18,22H,1-2,5-9,12H2/t15-,17-,18-/m0/s1. The van der Waals surface area contributed by atoms with Gasteiger partial charge in [0.1, 0.15) is 0 Å². The minimum atomic E-state index is -0.106. The van der Waals surface area contributed by atoms with E-state index >= 15 is 0 Å². The number of anilines is 1. The summed E-state index contributed by atoms with van der Waals surface area (Å²) in [6.45, 7) is 3.29. The van der Waals surface area contributed by atoms with Crippen molar-refractivity contribution in [2.75, 3.05) is 24.5 Å². The third-order valence-corrected chi connectivity index (χ3v) is 5.67. The Morgan fingerprint density at radius 1 is 1.18 bits per heavy atom. The molecule has 0 spiro atoms. The van der Waals surface area contributed by atoms with Crippen molar-refractivity contribution in [1.82, 2.24) is 4.90 Å².